The zero-order chi connectivity index (χ0) is 16.8. The van der Waals surface area contributed by atoms with Crippen molar-refractivity contribution in [2.45, 2.75) is 24.6 Å². The SMILES string of the molecule is CCC(=O)N=C1S[C@H]2CS(=O)(=O)C[C@@H]2N1c1cccc(Cl)c1Cl. The summed E-state index contributed by atoms with van der Waals surface area (Å²) in [4.78, 5) is 17.6. The number of sulfone groups is 1. The van der Waals surface area contributed by atoms with Crippen LogP contribution in [-0.4, -0.2) is 42.3 Å². The quantitative estimate of drug-likeness (QED) is 0.773. The van der Waals surface area contributed by atoms with E-state index in [1.165, 1.54) is 11.8 Å². The topological polar surface area (TPSA) is 66.8 Å². The van der Waals surface area contributed by atoms with Gasteiger partial charge in [-0.05, 0) is 12.1 Å². The van der Waals surface area contributed by atoms with Crippen LogP contribution in [0.4, 0.5) is 5.69 Å². The molecule has 2 aliphatic heterocycles. The molecule has 5 nitrogen and oxygen atoms in total. The summed E-state index contributed by atoms with van der Waals surface area (Å²) in [6.45, 7) is 1.73. The van der Waals surface area contributed by atoms with E-state index in [1.807, 2.05) is 0 Å². The number of carbonyl (C=O) groups is 1. The molecule has 2 heterocycles. The summed E-state index contributed by atoms with van der Waals surface area (Å²) < 4.78 is 23.9. The van der Waals surface area contributed by atoms with Crippen molar-refractivity contribution in [1.29, 1.82) is 0 Å². The molecule has 0 unspecified atom stereocenters. The number of thioether (sulfide) groups is 1. The third-order valence-corrected chi connectivity index (χ3v) is 7.80. The fourth-order valence-electron chi connectivity index (χ4n) is 2.71. The van der Waals surface area contributed by atoms with Crippen LogP contribution in [0.3, 0.4) is 0 Å². The highest BCUT2D eigenvalue weighted by atomic mass is 35.5. The summed E-state index contributed by atoms with van der Waals surface area (Å²) in [6, 6.07) is 4.87. The molecule has 0 N–H and O–H groups in total. The number of aliphatic imine (C=N–C) groups is 1. The van der Waals surface area contributed by atoms with Crippen molar-refractivity contribution in [2.75, 3.05) is 16.4 Å². The van der Waals surface area contributed by atoms with E-state index in [0.717, 1.165) is 0 Å². The first-order valence-electron chi connectivity index (χ1n) is 7.04. The lowest BCUT2D eigenvalue weighted by molar-refractivity contribution is -0.117. The molecule has 2 aliphatic rings. The van der Waals surface area contributed by atoms with Crippen LogP contribution in [-0.2, 0) is 14.6 Å². The number of nitrogens with zero attached hydrogens (tertiary/aromatic N) is 2. The number of rotatable bonds is 2. The first-order chi connectivity index (χ1) is 10.8. The lowest BCUT2D eigenvalue weighted by atomic mass is 10.2. The Bertz CT molecular complexity index is 795. The predicted molar refractivity (Wildman–Crippen MR) is 95.5 cm³/mol. The highest BCUT2D eigenvalue weighted by Crippen LogP contribution is 2.44. The van der Waals surface area contributed by atoms with Gasteiger partial charge in [0.1, 0.15) is 0 Å². The highest BCUT2D eigenvalue weighted by Gasteiger charge is 2.49. The molecule has 3 rings (SSSR count). The van der Waals surface area contributed by atoms with Crippen molar-refractivity contribution in [2.24, 2.45) is 4.99 Å². The number of anilines is 1. The summed E-state index contributed by atoms with van der Waals surface area (Å²) >= 11 is 13.7. The van der Waals surface area contributed by atoms with Gasteiger partial charge < -0.3 is 4.90 Å². The first-order valence-corrected chi connectivity index (χ1v) is 10.5. The minimum absolute atomic E-state index is 0.0207. The Morgan fingerprint density at radius 1 is 1.39 bits per heavy atom. The molecule has 2 saturated heterocycles. The summed E-state index contributed by atoms with van der Waals surface area (Å²) in [6.07, 6.45) is 0.287. The Morgan fingerprint density at radius 3 is 2.83 bits per heavy atom. The van der Waals surface area contributed by atoms with Crippen molar-refractivity contribution in [1.82, 2.24) is 0 Å². The maximum atomic E-state index is 12.0. The van der Waals surface area contributed by atoms with Crippen LogP contribution < -0.4 is 4.90 Å². The maximum absolute atomic E-state index is 12.0. The maximum Gasteiger partial charge on any atom is 0.247 e. The third-order valence-electron chi connectivity index (χ3n) is 3.78. The summed E-state index contributed by atoms with van der Waals surface area (Å²) in [5.41, 5.74) is 0.582. The molecule has 124 valence electrons. The molecule has 0 aromatic heterocycles. The molecule has 0 saturated carbocycles. The lowest BCUT2D eigenvalue weighted by Crippen LogP contribution is -2.37. The standard InChI is InChI=1S/C14H14Cl2N2O3S2/c1-2-12(19)17-14-18(9-5-3-4-8(15)13(9)16)10-6-23(20,21)7-11(10)22-14/h3-5,10-11H,2,6-7H2,1H3/t10-,11-/m0/s1. The van der Waals surface area contributed by atoms with Crippen LogP contribution in [0.15, 0.2) is 23.2 Å². The normalized spacial score (nSPS) is 27.4. The summed E-state index contributed by atoms with van der Waals surface area (Å²) in [7, 11) is -3.11. The molecule has 9 heteroatoms. The molecular formula is C14H14Cl2N2O3S2. The zero-order valence-electron chi connectivity index (χ0n) is 12.2. The van der Waals surface area contributed by atoms with Gasteiger partial charge in [-0.15, -0.1) is 0 Å². The fourth-order valence-corrected chi connectivity index (χ4v) is 7.02. The van der Waals surface area contributed by atoms with Crippen molar-refractivity contribution in [3.05, 3.63) is 28.2 Å². The van der Waals surface area contributed by atoms with E-state index in [4.69, 9.17) is 23.2 Å². The molecule has 23 heavy (non-hydrogen) atoms. The number of halogens is 2. The Balaban J connectivity index is 2.09. The Morgan fingerprint density at radius 2 is 2.13 bits per heavy atom. The number of hydrogen-bond acceptors (Lipinski definition) is 4. The average molecular weight is 393 g/mol. The molecule has 1 aromatic carbocycles. The van der Waals surface area contributed by atoms with E-state index in [2.05, 4.69) is 4.99 Å². The van der Waals surface area contributed by atoms with Crippen LogP contribution in [0.2, 0.25) is 10.0 Å². The predicted octanol–water partition coefficient (Wildman–Crippen LogP) is 3.00. The molecule has 0 radical (unpaired) electrons. The molecular weight excluding hydrogens is 379 g/mol. The fraction of sp³-hybridized carbons (Fsp3) is 0.429. The van der Waals surface area contributed by atoms with Crippen LogP contribution in [0.1, 0.15) is 13.3 Å². The first kappa shape index (κ1) is 17.1. The van der Waals surface area contributed by atoms with Crippen molar-refractivity contribution >= 4 is 61.6 Å². The van der Waals surface area contributed by atoms with Crippen molar-refractivity contribution < 1.29 is 13.2 Å². The highest BCUT2D eigenvalue weighted by molar-refractivity contribution is 8.16. The molecule has 0 spiro atoms. The lowest BCUT2D eigenvalue weighted by Gasteiger charge is -2.25. The van der Waals surface area contributed by atoms with Gasteiger partial charge >= 0.3 is 0 Å². The van der Waals surface area contributed by atoms with Crippen LogP contribution >= 0.6 is 35.0 Å². The average Bonchev–Trinajstić information content (AvgIpc) is 2.93. The second kappa shape index (κ2) is 6.27. The van der Waals surface area contributed by atoms with E-state index in [0.29, 0.717) is 20.9 Å². The monoisotopic (exact) mass is 392 g/mol. The van der Waals surface area contributed by atoms with Gasteiger partial charge in [-0.1, -0.05) is 48.0 Å². The van der Waals surface area contributed by atoms with Gasteiger partial charge in [0.2, 0.25) is 5.91 Å². The van der Waals surface area contributed by atoms with Gasteiger partial charge in [-0.2, -0.15) is 4.99 Å². The number of benzene rings is 1. The number of fused-ring (bicyclic) bond motifs is 1. The molecule has 0 aliphatic carbocycles. The summed E-state index contributed by atoms with van der Waals surface area (Å²) in [5, 5.41) is 1.04. The van der Waals surface area contributed by atoms with Gasteiger partial charge in [-0.25, -0.2) is 8.42 Å². The minimum Gasteiger partial charge on any atom is -0.314 e. The molecule has 1 amide bonds. The smallest absolute Gasteiger partial charge is 0.247 e. The number of amidine groups is 1. The molecule has 2 atom stereocenters. The second-order valence-corrected chi connectivity index (χ2v) is 9.53. The van der Waals surface area contributed by atoms with Gasteiger partial charge in [-0.3, -0.25) is 4.79 Å². The van der Waals surface area contributed by atoms with Crippen LogP contribution in [0.5, 0.6) is 0 Å². The zero-order valence-corrected chi connectivity index (χ0v) is 15.3. The van der Waals surface area contributed by atoms with E-state index in [9.17, 15) is 13.2 Å². The van der Waals surface area contributed by atoms with Crippen molar-refractivity contribution in [3.63, 3.8) is 0 Å². The second-order valence-electron chi connectivity index (χ2n) is 5.39. The Labute approximate surface area is 149 Å². The Hall–Kier alpha value is -0.760. The minimum atomic E-state index is -3.11. The molecule has 0 bridgehead atoms. The van der Waals surface area contributed by atoms with E-state index in [1.54, 1.807) is 30.0 Å². The number of hydrogen-bond donors (Lipinski definition) is 0. The molecule has 2 fully saturated rings. The van der Waals surface area contributed by atoms with Crippen molar-refractivity contribution in [3.8, 4) is 0 Å². The summed E-state index contributed by atoms with van der Waals surface area (Å²) in [5.74, 6) is -0.151. The van der Waals surface area contributed by atoms with Crippen LogP contribution in [0, 0.1) is 0 Å². The third kappa shape index (κ3) is 3.24. The number of carbonyl (C=O) groups excluding carboxylic acids is 1. The van der Waals surface area contributed by atoms with Gasteiger partial charge in [0.25, 0.3) is 0 Å². The number of amides is 1. The van der Waals surface area contributed by atoms with Gasteiger partial charge in [0, 0.05) is 11.7 Å². The van der Waals surface area contributed by atoms with E-state index >= 15 is 0 Å². The van der Waals surface area contributed by atoms with E-state index in [-0.39, 0.29) is 35.1 Å². The van der Waals surface area contributed by atoms with Crippen LogP contribution in [0.25, 0.3) is 0 Å². The Kier molecular flexibility index (Phi) is 4.66. The van der Waals surface area contributed by atoms with Gasteiger partial charge in [0.05, 0.1) is 33.3 Å². The molecule has 1 aromatic rings. The van der Waals surface area contributed by atoms with E-state index < -0.39 is 9.84 Å². The largest absolute Gasteiger partial charge is 0.314 e. The van der Waals surface area contributed by atoms with Gasteiger partial charge in [0.15, 0.2) is 15.0 Å².